The molecule has 3 rings (SSSR count). The summed E-state index contributed by atoms with van der Waals surface area (Å²) in [6, 6.07) is 14.8. The molecular weight excluding hydrogens is 246 g/mol. The zero-order valence-electron chi connectivity index (χ0n) is 11.9. The van der Waals surface area contributed by atoms with Gasteiger partial charge in [-0.2, -0.15) is 0 Å². The van der Waals surface area contributed by atoms with Gasteiger partial charge in [0, 0.05) is 6.04 Å². The van der Waals surface area contributed by atoms with Crippen LogP contribution in [0.15, 0.2) is 42.5 Å². The highest BCUT2D eigenvalue weighted by molar-refractivity contribution is 5.39. The molecule has 0 saturated carbocycles. The molecule has 0 heterocycles. The number of aryl methyl sites for hydroxylation is 2. The first-order valence-electron chi connectivity index (χ1n) is 7.30. The summed E-state index contributed by atoms with van der Waals surface area (Å²) in [7, 11) is 0. The van der Waals surface area contributed by atoms with Gasteiger partial charge in [0.25, 0.3) is 0 Å². The molecule has 0 fully saturated rings. The van der Waals surface area contributed by atoms with Crippen molar-refractivity contribution >= 4 is 0 Å². The summed E-state index contributed by atoms with van der Waals surface area (Å²) in [4.78, 5) is 0. The molecule has 1 aliphatic rings. The minimum Gasteiger partial charge on any atom is -0.489 e. The lowest BCUT2D eigenvalue weighted by atomic mass is 9.88. The molecule has 2 aromatic carbocycles. The Labute approximate surface area is 120 Å². The first kappa shape index (κ1) is 13.2. The summed E-state index contributed by atoms with van der Waals surface area (Å²) in [5.74, 6) is 0.921. The standard InChI is InChI=1S/C18H21NO/c1-13-5-2-3-6-15(13)12-20-16-10-9-14-7-4-8-18(19)17(14)11-16/h2-3,5-6,9-11,18H,4,7-8,12,19H2,1H3/t18-/m1/s1. The second kappa shape index (κ2) is 5.68. The molecule has 0 unspecified atom stereocenters. The van der Waals surface area contributed by atoms with E-state index in [0.717, 1.165) is 18.6 Å². The molecule has 1 atom stereocenters. The van der Waals surface area contributed by atoms with Crippen LogP contribution in [0.5, 0.6) is 5.75 Å². The van der Waals surface area contributed by atoms with Gasteiger partial charge < -0.3 is 10.5 Å². The molecule has 2 N–H and O–H groups in total. The van der Waals surface area contributed by atoms with Crippen LogP contribution in [-0.2, 0) is 13.0 Å². The molecule has 0 aromatic heterocycles. The molecule has 2 aromatic rings. The molecule has 2 nitrogen and oxygen atoms in total. The minimum atomic E-state index is 0.167. The zero-order chi connectivity index (χ0) is 13.9. The van der Waals surface area contributed by atoms with E-state index in [1.807, 2.05) is 0 Å². The summed E-state index contributed by atoms with van der Waals surface area (Å²) in [5.41, 5.74) is 11.3. The molecule has 0 spiro atoms. The average Bonchev–Trinajstić information content (AvgIpc) is 2.47. The van der Waals surface area contributed by atoms with Gasteiger partial charge in [0.2, 0.25) is 0 Å². The number of hydrogen-bond donors (Lipinski definition) is 1. The van der Waals surface area contributed by atoms with Crippen molar-refractivity contribution in [2.24, 2.45) is 5.73 Å². The van der Waals surface area contributed by atoms with Crippen molar-refractivity contribution in [3.05, 3.63) is 64.7 Å². The second-order valence-corrected chi connectivity index (χ2v) is 5.57. The van der Waals surface area contributed by atoms with Crippen molar-refractivity contribution in [1.29, 1.82) is 0 Å². The average molecular weight is 267 g/mol. The molecule has 1 aliphatic carbocycles. The van der Waals surface area contributed by atoms with Crippen molar-refractivity contribution in [2.45, 2.75) is 38.8 Å². The maximum atomic E-state index is 6.19. The maximum absolute atomic E-state index is 6.19. The number of fused-ring (bicyclic) bond motifs is 1. The fraction of sp³-hybridized carbons (Fsp3) is 0.333. The molecule has 0 aliphatic heterocycles. The largest absolute Gasteiger partial charge is 0.489 e. The van der Waals surface area contributed by atoms with Gasteiger partial charge in [-0.1, -0.05) is 30.3 Å². The summed E-state index contributed by atoms with van der Waals surface area (Å²) >= 11 is 0. The third-order valence-corrected chi connectivity index (χ3v) is 4.13. The predicted molar refractivity (Wildman–Crippen MR) is 81.8 cm³/mol. The highest BCUT2D eigenvalue weighted by atomic mass is 16.5. The summed E-state index contributed by atoms with van der Waals surface area (Å²) in [5, 5.41) is 0. The van der Waals surface area contributed by atoms with Crippen molar-refractivity contribution in [3.63, 3.8) is 0 Å². The van der Waals surface area contributed by atoms with Gasteiger partial charge in [0.15, 0.2) is 0 Å². The summed E-state index contributed by atoms with van der Waals surface area (Å²) in [6.45, 7) is 2.72. The van der Waals surface area contributed by atoms with E-state index in [4.69, 9.17) is 10.5 Å². The van der Waals surface area contributed by atoms with Crippen LogP contribution >= 0.6 is 0 Å². The van der Waals surface area contributed by atoms with Gasteiger partial charge in [-0.15, -0.1) is 0 Å². The van der Waals surface area contributed by atoms with Crippen molar-refractivity contribution in [2.75, 3.05) is 0 Å². The highest BCUT2D eigenvalue weighted by Crippen LogP contribution is 2.31. The Balaban J connectivity index is 1.75. The Morgan fingerprint density at radius 3 is 2.90 bits per heavy atom. The fourth-order valence-corrected chi connectivity index (χ4v) is 2.84. The lowest BCUT2D eigenvalue weighted by Gasteiger charge is -2.22. The van der Waals surface area contributed by atoms with Crippen molar-refractivity contribution in [3.8, 4) is 5.75 Å². The quantitative estimate of drug-likeness (QED) is 0.915. The SMILES string of the molecule is Cc1ccccc1COc1ccc2c(c1)[C@H](N)CCC2. The van der Waals surface area contributed by atoms with Crippen LogP contribution in [0.1, 0.15) is 41.1 Å². The van der Waals surface area contributed by atoms with Crippen LogP contribution in [0.4, 0.5) is 0 Å². The van der Waals surface area contributed by atoms with Crippen LogP contribution in [0, 0.1) is 6.92 Å². The van der Waals surface area contributed by atoms with Crippen LogP contribution in [0.2, 0.25) is 0 Å². The molecule has 0 amide bonds. The normalized spacial score (nSPS) is 17.6. The van der Waals surface area contributed by atoms with Crippen molar-refractivity contribution in [1.82, 2.24) is 0 Å². The molecule has 104 valence electrons. The molecule has 20 heavy (non-hydrogen) atoms. The lowest BCUT2D eigenvalue weighted by molar-refractivity contribution is 0.304. The molecule has 0 radical (unpaired) electrons. The van der Waals surface area contributed by atoms with E-state index in [2.05, 4.69) is 49.4 Å². The molecule has 0 bridgehead atoms. The Bertz CT molecular complexity index is 606. The van der Waals surface area contributed by atoms with E-state index < -0.39 is 0 Å². The van der Waals surface area contributed by atoms with Gasteiger partial charge in [-0.05, 0) is 60.6 Å². The van der Waals surface area contributed by atoms with Crippen LogP contribution in [0.25, 0.3) is 0 Å². The Kier molecular flexibility index (Phi) is 3.75. The highest BCUT2D eigenvalue weighted by Gasteiger charge is 2.17. The number of nitrogens with two attached hydrogens (primary N) is 1. The van der Waals surface area contributed by atoms with Gasteiger partial charge in [-0.25, -0.2) is 0 Å². The Hall–Kier alpha value is -1.80. The van der Waals surface area contributed by atoms with Gasteiger partial charge >= 0.3 is 0 Å². The number of benzene rings is 2. The fourth-order valence-electron chi connectivity index (χ4n) is 2.84. The molecular formula is C18H21NO. The van der Waals surface area contributed by atoms with Crippen molar-refractivity contribution < 1.29 is 4.74 Å². The maximum Gasteiger partial charge on any atom is 0.120 e. The van der Waals surface area contributed by atoms with E-state index in [0.29, 0.717) is 6.61 Å². The lowest BCUT2D eigenvalue weighted by Crippen LogP contribution is -2.17. The minimum absolute atomic E-state index is 0.167. The van der Waals surface area contributed by atoms with Gasteiger partial charge in [-0.3, -0.25) is 0 Å². The molecule has 0 saturated heterocycles. The third kappa shape index (κ3) is 2.70. The smallest absolute Gasteiger partial charge is 0.120 e. The first-order valence-corrected chi connectivity index (χ1v) is 7.30. The van der Waals surface area contributed by atoms with E-state index in [1.165, 1.54) is 28.7 Å². The summed E-state index contributed by atoms with van der Waals surface area (Å²) in [6.07, 6.45) is 3.41. The van der Waals surface area contributed by atoms with E-state index in [-0.39, 0.29) is 6.04 Å². The van der Waals surface area contributed by atoms with E-state index in [9.17, 15) is 0 Å². The van der Waals surface area contributed by atoms with Crippen LogP contribution in [0.3, 0.4) is 0 Å². The zero-order valence-corrected chi connectivity index (χ0v) is 11.9. The topological polar surface area (TPSA) is 35.2 Å². The number of hydrogen-bond acceptors (Lipinski definition) is 2. The van der Waals surface area contributed by atoms with E-state index >= 15 is 0 Å². The summed E-state index contributed by atoms with van der Waals surface area (Å²) < 4.78 is 5.93. The van der Waals surface area contributed by atoms with Crippen LogP contribution in [-0.4, -0.2) is 0 Å². The first-order chi connectivity index (χ1) is 9.74. The monoisotopic (exact) mass is 267 g/mol. The third-order valence-electron chi connectivity index (χ3n) is 4.13. The Morgan fingerprint density at radius 1 is 1.20 bits per heavy atom. The Morgan fingerprint density at radius 2 is 2.05 bits per heavy atom. The number of ether oxygens (including phenoxy) is 1. The van der Waals surface area contributed by atoms with Crippen LogP contribution < -0.4 is 10.5 Å². The second-order valence-electron chi connectivity index (χ2n) is 5.57. The van der Waals surface area contributed by atoms with E-state index in [1.54, 1.807) is 0 Å². The van der Waals surface area contributed by atoms with Gasteiger partial charge in [0.05, 0.1) is 0 Å². The van der Waals surface area contributed by atoms with Gasteiger partial charge in [0.1, 0.15) is 12.4 Å². The number of rotatable bonds is 3. The molecule has 2 heteroatoms. The predicted octanol–water partition coefficient (Wildman–Crippen LogP) is 3.91.